The molecule has 0 bridgehead atoms. The van der Waals surface area contributed by atoms with Gasteiger partial charge >= 0.3 is 0 Å². The number of sulfone groups is 1. The first-order valence-electron chi connectivity index (χ1n) is 8.16. The zero-order valence-corrected chi connectivity index (χ0v) is 17.0. The second-order valence-electron chi connectivity index (χ2n) is 6.14. The number of aromatic amines is 1. The van der Waals surface area contributed by atoms with Crippen LogP contribution >= 0.6 is 22.9 Å². The van der Waals surface area contributed by atoms with Crippen LogP contribution in [0.1, 0.15) is 9.67 Å². The van der Waals surface area contributed by atoms with E-state index in [0.29, 0.717) is 22.1 Å². The van der Waals surface area contributed by atoms with Gasteiger partial charge in [0.2, 0.25) is 0 Å². The van der Waals surface area contributed by atoms with Crippen molar-refractivity contribution in [3.05, 3.63) is 63.8 Å². The van der Waals surface area contributed by atoms with Crippen molar-refractivity contribution in [2.45, 2.75) is 4.90 Å². The molecular formula is C19H14ClN3O3S2. The van der Waals surface area contributed by atoms with E-state index < -0.39 is 15.7 Å². The Hall–Kier alpha value is -2.68. The van der Waals surface area contributed by atoms with Gasteiger partial charge in [0.1, 0.15) is 16.2 Å². The van der Waals surface area contributed by atoms with Gasteiger partial charge in [0.15, 0.2) is 9.84 Å². The van der Waals surface area contributed by atoms with Crippen molar-refractivity contribution in [2.24, 2.45) is 0 Å². The van der Waals surface area contributed by atoms with Crippen LogP contribution in [0.2, 0.25) is 5.02 Å². The molecule has 0 unspecified atom stereocenters. The number of rotatable bonds is 4. The molecule has 1 amide bonds. The molecule has 2 heterocycles. The second-order valence-corrected chi connectivity index (χ2v) is 9.45. The third-order valence-electron chi connectivity index (χ3n) is 4.11. The van der Waals surface area contributed by atoms with Crippen LogP contribution in [0.25, 0.3) is 22.4 Å². The summed E-state index contributed by atoms with van der Waals surface area (Å²) in [6.07, 6.45) is 1.08. The van der Waals surface area contributed by atoms with Crippen molar-refractivity contribution in [1.82, 2.24) is 9.97 Å². The summed E-state index contributed by atoms with van der Waals surface area (Å²) in [5, 5.41) is 4.88. The summed E-state index contributed by atoms with van der Waals surface area (Å²) < 4.78 is 23.6. The number of hydrogen-bond acceptors (Lipinski definition) is 5. The summed E-state index contributed by atoms with van der Waals surface area (Å²) in [5.74, 6) is 0.206. The van der Waals surface area contributed by atoms with Crippen LogP contribution in [0.4, 0.5) is 5.69 Å². The first-order chi connectivity index (χ1) is 13.3. The van der Waals surface area contributed by atoms with E-state index >= 15 is 0 Å². The number of carbonyl (C=O) groups excluding carboxylic acids is 1. The second kappa shape index (κ2) is 7.05. The molecule has 0 aliphatic rings. The maximum atomic E-state index is 12.5. The van der Waals surface area contributed by atoms with E-state index in [9.17, 15) is 13.2 Å². The summed E-state index contributed by atoms with van der Waals surface area (Å²) in [6, 6.07) is 14.0. The lowest BCUT2D eigenvalue weighted by Crippen LogP contribution is -2.13. The predicted molar refractivity (Wildman–Crippen MR) is 112 cm³/mol. The third-order valence-corrected chi connectivity index (χ3v) is 6.60. The van der Waals surface area contributed by atoms with Gasteiger partial charge in [0.05, 0.1) is 15.4 Å². The lowest BCUT2D eigenvalue weighted by atomic mass is 10.2. The van der Waals surface area contributed by atoms with Crippen molar-refractivity contribution in [2.75, 3.05) is 11.6 Å². The summed E-state index contributed by atoms with van der Waals surface area (Å²) in [7, 11) is -3.46. The smallest absolute Gasteiger partial charge is 0.267 e. The monoisotopic (exact) mass is 431 g/mol. The molecule has 9 heteroatoms. The molecule has 0 radical (unpaired) electrons. The fourth-order valence-corrected chi connectivity index (χ4v) is 5.12. The number of imidazole rings is 1. The number of halogens is 1. The van der Waals surface area contributed by atoms with Crippen LogP contribution in [0, 0.1) is 0 Å². The minimum absolute atomic E-state index is 0.0331. The molecule has 2 N–H and O–H groups in total. The topological polar surface area (TPSA) is 91.9 Å². The minimum Gasteiger partial charge on any atom is -0.338 e. The lowest BCUT2D eigenvalue weighted by Gasteiger charge is -2.06. The Morgan fingerprint density at radius 3 is 2.57 bits per heavy atom. The number of hydrogen-bond donors (Lipinski definition) is 2. The van der Waals surface area contributed by atoms with Crippen LogP contribution < -0.4 is 5.32 Å². The van der Waals surface area contributed by atoms with Crippen LogP contribution in [-0.2, 0) is 9.84 Å². The Bertz CT molecular complexity index is 1290. The summed E-state index contributed by atoms with van der Waals surface area (Å²) in [6.45, 7) is 0. The van der Waals surface area contributed by atoms with Crippen LogP contribution in [0.5, 0.6) is 0 Å². The van der Waals surface area contributed by atoms with Crippen molar-refractivity contribution >= 4 is 55.4 Å². The number of carbonyl (C=O) groups is 1. The summed E-state index contributed by atoms with van der Waals surface area (Å²) in [4.78, 5) is 20.4. The minimum atomic E-state index is -3.46. The number of thiophene rings is 1. The fourth-order valence-electron chi connectivity index (χ4n) is 2.79. The molecule has 0 atom stereocenters. The number of fused-ring (bicyclic) bond motifs is 1. The molecule has 0 spiro atoms. The quantitative estimate of drug-likeness (QED) is 0.494. The number of amides is 1. The Labute approximate surface area is 170 Å². The zero-order chi connectivity index (χ0) is 19.9. The van der Waals surface area contributed by atoms with E-state index in [1.807, 2.05) is 24.3 Å². The van der Waals surface area contributed by atoms with E-state index in [0.717, 1.165) is 28.7 Å². The van der Waals surface area contributed by atoms with Crippen LogP contribution in [0.3, 0.4) is 0 Å². The van der Waals surface area contributed by atoms with E-state index in [4.69, 9.17) is 11.6 Å². The van der Waals surface area contributed by atoms with Gasteiger partial charge in [0, 0.05) is 17.5 Å². The SMILES string of the molecule is CS(=O)(=O)c1ccsc1C(=O)Nc1ccc(-c2nc3c(Cl)cccc3[nH]2)cc1. The molecule has 0 aliphatic carbocycles. The summed E-state index contributed by atoms with van der Waals surface area (Å²) >= 11 is 7.25. The first kappa shape index (κ1) is 18.7. The number of nitrogens with one attached hydrogen (secondary N) is 2. The van der Waals surface area contributed by atoms with Gasteiger partial charge in [-0.15, -0.1) is 11.3 Å². The van der Waals surface area contributed by atoms with Gasteiger partial charge in [-0.3, -0.25) is 4.79 Å². The third kappa shape index (κ3) is 3.54. The Kier molecular flexibility index (Phi) is 4.70. The van der Waals surface area contributed by atoms with Gasteiger partial charge in [-0.2, -0.15) is 0 Å². The van der Waals surface area contributed by atoms with E-state index in [-0.39, 0.29) is 9.77 Å². The van der Waals surface area contributed by atoms with Crippen LogP contribution in [-0.4, -0.2) is 30.5 Å². The first-order valence-corrected chi connectivity index (χ1v) is 11.3. The molecule has 0 saturated carbocycles. The maximum Gasteiger partial charge on any atom is 0.267 e. The van der Waals surface area contributed by atoms with Crippen molar-refractivity contribution < 1.29 is 13.2 Å². The molecule has 2 aromatic carbocycles. The molecule has 28 heavy (non-hydrogen) atoms. The standard InChI is InChI=1S/C19H14ClN3O3S2/c1-28(25,26)15-9-10-27-17(15)19(24)21-12-7-5-11(6-8-12)18-22-14-4-2-3-13(20)16(14)23-18/h2-10H,1H3,(H,21,24)(H,22,23). The zero-order valence-electron chi connectivity index (χ0n) is 14.6. The molecule has 0 aliphatic heterocycles. The number of nitrogens with zero attached hydrogens (tertiary/aromatic N) is 1. The Balaban J connectivity index is 1.57. The highest BCUT2D eigenvalue weighted by Gasteiger charge is 2.20. The summed E-state index contributed by atoms with van der Waals surface area (Å²) in [5.41, 5.74) is 2.92. The van der Waals surface area contributed by atoms with Gasteiger partial charge in [-0.25, -0.2) is 13.4 Å². The van der Waals surface area contributed by atoms with Crippen molar-refractivity contribution in [3.8, 4) is 11.4 Å². The number of anilines is 1. The average Bonchev–Trinajstić information content (AvgIpc) is 3.30. The number of H-pyrrole nitrogens is 1. The normalized spacial score (nSPS) is 11.6. The van der Waals surface area contributed by atoms with E-state index in [2.05, 4.69) is 15.3 Å². The molecule has 142 valence electrons. The van der Waals surface area contributed by atoms with Crippen LogP contribution in [0.15, 0.2) is 58.8 Å². The Morgan fingerprint density at radius 2 is 1.89 bits per heavy atom. The highest BCUT2D eigenvalue weighted by molar-refractivity contribution is 7.91. The predicted octanol–water partition coefficient (Wildman–Crippen LogP) is 4.60. The highest BCUT2D eigenvalue weighted by Crippen LogP contribution is 2.27. The van der Waals surface area contributed by atoms with E-state index in [1.54, 1.807) is 23.6 Å². The maximum absolute atomic E-state index is 12.5. The Morgan fingerprint density at radius 1 is 1.14 bits per heavy atom. The lowest BCUT2D eigenvalue weighted by molar-refractivity contribution is 0.102. The van der Waals surface area contributed by atoms with Gasteiger partial charge in [-0.05, 0) is 47.8 Å². The molecule has 0 saturated heterocycles. The fraction of sp³-hybridized carbons (Fsp3) is 0.0526. The highest BCUT2D eigenvalue weighted by atomic mass is 35.5. The van der Waals surface area contributed by atoms with Gasteiger partial charge in [0.25, 0.3) is 5.91 Å². The number of aromatic nitrogens is 2. The molecule has 0 fully saturated rings. The molecule has 6 nitrogen and oxygen atoms in total. The number of benzene rings is 2. The molecular weight excluding hydrogens is 418 g/mol. The van der Waals surface area contributed by atoms with Crippen molar-refractivity contribution in [1.29, 1.82) is 0 Å². The van der Waals surface area contributed by atoms with Gasteiger partial charge < -0.3 is 10.3 Å². The molecule has 4 rings (SSSR count). The molecule has 4 aromatic rings. The molecule has 2 aromatic heterocycles. The van der Waals surface area contributed by atoms with Crippen molar-refractivity contribution in [3.63, 3.8) is 0 Å². The number of para-hydroxylation sites is 1. The van der Waals surface area contributed by atoms with E-state index in [1.165, 1.54) is 6.07 Å². The average molecular weight is 432 g/mol. The van der Waals surface area contributed by atoms with Gasteiger partial charge in [-0.1, -0.05) is 17.7 Å². The largest absolute Gasteiger partial charge is 0.338 e.